The number of benzene rings is 1. The Balaban J connectivity index is 2.67. The van der Waals surface area contributed by atoms with E-state index in [9.17, 15) is 0 Å². The van der Waals surface area contributed by atoms with Gasteiger partial charge in [-0.3, -0.25) is 0 Å². The summed E-state index contributed by atoms with van der Waals surface area (Å²) in [6.45, 7) is 4.52. The number of ether oxygens (including phenoxy) is 1. The van der Waals surface area contributed by atoms with Crippen molar-refractivity contribution in [3.8, 4) is 0 Å². The third-order valence-electron chi connectivity index (χ3n) is 1.65. The van der Waals surface area contributed by atoms with Crippen molar-refractivity contribution in [2.75, 3.05) is 5.73 Å². The SMILES string of the molecule is CC(C)OCc1ccc(N)cc1Cl. The number of anilines is 1. The van der Waals surface area contributed by atoms with Crippen molar-refractivity contribution in [1.29, 1.82) is 0 Å². The molecule has 0 fully saturated rings. The number of hydrogen-bond donors (Lipinski definition) is 1. The Labute approximate surface area is 83.6 Å². The molecule has 13 heavy (non-hydrogen) atoms. The molecule has 1 aromatic rings. The van der Waals surface area contributed by atoms with E-state index in [2.05, 4.69) is 0 Å². The summed E-state index contributed by atoms with van der Waals surface area (Å²) in [6, 6.07) is 5.45. The monoisotopic (exact) mass is 199 g/mol. The van der Waals surface area contributed by atoms with Crippen LogP contribution in [0.2, 0.25) is 5.02 Å². The maximum Gasteiger partial charge on any atom is 0.0734 e. The van der Waals surface area contributed by atoms with E-state index in [4.69, 9.17) is 22.1 Å². The van der Waals surface area contributed by atoms with Gasteiger partial charge >= 0.3 is 0 Å². The standard InChI is InChI=1S/C10H14ClNO/c1-7(2)13-6-8-3-4-9(12)5-10(8)11/h3-5,7H,6,12H2,1-2H3. The highest BCUT2D eigenvalue weighted by Crippen LogP contribution is 2.20. The molecule has 1 aromatic carbocycles. The minimum absolute atomic E-state index is 0.216. The lowest BCUT2D eigenvalue weighted by Crippen LogP contribution is -2.02. The van der Waals surface area contributed by atoms with E-state index in [1.54, 1.807) is 6.07 Å². The van der Waals surface area contributed by atoms with E-state index in [0.717, 1.165) is 5.56 Å². The van der Waals surface area contributed by atoms with E-state index >= 15 is 0 Å². The van der Waals surface area contributed by atoms with Gasteiger partial charge in [-0.2, -0.15) is 0 Å². The minimum Gasteiger partial charge on any atom is -0.399 e. The van der Waals surface area contributed by atoms with Gasteiger partial charge < -0.3 is 10.5 Å². The molecule has 0 aliphatic rings. The Bertz CT molecular complexity index is 286. The molecule has 0 unspecified atom stereocenters. The molecule has 0 aliphatic heterocycles. The van der Waals surface area contributed by atoms with Crippen molar-refractivity contribution in [2.24, 2.45) is 0 Å². The second-order valence-corrected chi connectivity index (χ2v) is 3.62. The maximum atomic E-state index is 5.95. The fourth-order valence-corrected chi connectivity index (χ4v) is 1.18. The predicted octanol–water partition coefficient (Wildman–Crippen LogP) is 2.85. The van der Waals surface area contributed by atoms with Gasteiger partial charge in [0.05, 0.1) is 12.7 Å². The van der Waals surface area contributed by atoms with Gasteiger partial charge in [0.2, 0.25) is 0 Å². The van der Waals surface area contributed by atoms with Crippen LogP contribution in [0.5, 0.6) is 0 Å². The maximum absolute atomic E-state index is 5.95. The second-order valence-electron chi connectivity index (χ2n) is 3.21. The predicted molar refractivity (Wildman–Crippen MR) is 55.8 cm³/mol. The van der Waals surface area contributed by atoms with E-state index in [1.807, 2.05) is 26.0 Å². The van der Waals surface area contributed by atoms with Crippen molar-refractivity contribution in [3.63, 3.8) is 0 Å². The number of rotatable bonds is 3. The minimum atomic E-state index is 0.216. The average Bonchev–Trinajstić information content (AvgIpc) is 2.02. The molecule has 0 saturated heterocycles. The summed E-state index contributed by atoms with van der Waals surface area (Å²) >= 11 is 5.95. The number of hydrogen-bond acceptors (Lipinski definition) is 2. The molecule has 0 amide bonds. The first-order valence-corrected chi connectivity index (χ1v) is 4.63. The molecule has 0 bridgehead atoms. The first-order valence-electron chi connectivity index (χ1n) is 4.25. The first-order chi connectivity index (χ1) is 6.09. The molecule has 0 aromatic heterocycles. The van der Waals surface area contributed by atoms with E-state index in [1.165, 1.54) is 0 Å². The highest BCUT2D eigenvalue weighted by Gasteiger charge is 2.01. The summed E-state index contributed by atoms with van der Waals surface area (Å²) in [5, 5.41) is 0.667. The van der Waals surface area contributed by atoms with Crippen LogP contribution < -0.4 is 5.73 Å². The number of halogens is 1. The highest BCUT2D eigenvalue weighted by atomic mass is 35.5. The lowest BCUT2D eigenvalue weighted by molar-refractivity contribution is 0.0658. The molecule has 2 N–H and O–H groups in total. The van der Waals surface area contributed by atoms with E-state index in [0.29, 0.717) is 17.3 Å². The largest absolute Gasteiger partial charge is 0.399 e. The molecular weight excluding hydrogens is 186 g/mol. The van der Waals surface area contributed by atoms with Crippen LogP contribution in [0.4, 0.5) is 5.69 Å². The first kappa shape index (κ1) is 10.4. The second kappa shape index (κ2) is 4.49. The molecular formula is C10H14ClNO. The number of nitrogen functional groups attached to an aromatic ring is 1. The molecule has 0 spiro atoms. The Morgan fingerprint density at radius 2 is 2.15 bits per heavy atom. The Morgan fingerprint density at radius 3 is 2.69 bits per heavy atom. The molecule has 0 aliphatic carbocycles. The Morgan fingerprint density at radius 1 is 1.46 bits per heavy atom. The number of nitrogens with two attached hydrogens (primary N) is 1. The fourth-order valence-electron chi connectivity index (χ4n) is 0.937. The molecule has 0 heterocycles. The van der Waals surface area contributed by atoms with Gasteiger partial charge in [-0.1, -0.05) is 17.7 Å². The fraction of sp³-hybridized carbons (Fsp3) is 0.400. The van der Waals surface area contributed by atoms with Crippen LogP contribution in [0.3, 0.4) is 0 Å². The van der Waals surface area contributed by atoms with E-state index in [-0.39, 0.29) is 6.10 Å². The van der Waals surface area contributed by atoms with Gasteiger partial charge in [-0.05, 0) is 31.5 Å². The van der Waals surface area contributed by atoms with Crippen LogP contribution >= 0.6 is 11.6 Å². The average molecular weight is 200 g/mol. The summed E-state index contributed by atoms with van der Waals surface area (Å²) in [4.78, 5) is 0. The summed E-state index contributed by atoms with van der Waals surface area (Å²) in [7, 11) is 0. The van der Waals surface area contributed by atoms with Crippen LogP contribution in [-0.2, 0) is 11.3 Å². The van der Waals surface area contributed by atoms with Crippen LogP contribution in [0.15, 0.2) is 18.2 Å². The van der Waals surface area contributed by atoms with Crippen LogP contribution in [0.25, 0.3) is 0 Å². The van der Waals surface area contributed by atoms with Gasteiger partial charge in [0.15, 0.2) is 0 Å². The van der Waals surface area contributed by atoms with Gasteiger partial charge in [0.25, 0.3) is 0 Å². The molecule has 0 saturated carbocycles. The Kier molecular flexibility index (Phi) is 3.58. The molecule has 1 rings (SSSR count). The third-order valence-corrected chi connectivity index (χ3v) is 2.00. The molecule has 2 nitrogen and oxygen atoms in total. The zero-order chi connectivity index (χ0) is 9.84. The van der Waals surface area contributed by atoms with E-state index < -0.39 is 0 Å². The van der Waals surface area contributed by atoms with Crippen molar-refractivity contribution in [3.05, 3.63) is 28.8 Å². The van der Waals surface area contributed by atoms with Crippen molar-refractivity contribution in [1.82, 2.24) is 0 Å². The molecule has 72 valence electrons. The molecule has 3 heteroatoms. The van der Waals surface area contributed by atoms with Gasteiger partial charge in [0.1, 0.15) is 0 Å². The quantitative estimate of drug-likeness (QED) is 0.760. The van der Waals surface area contributed by atoms with Crippen molar-refractivity contribution in [2.45, 2.75) is 26.6 Å². The molecule has 0 radical (unpaired) electrons. The van der Waals surface area contributed by atoms with Crippen LogP contribution in [0.1, 0.15) is 19.4 Å². The normalized spacial score (nSPS) is 10.8. The Hall–Kier alpha value is -0.730. The van der Waals surface area contributed by atoms with Crippen LogP contribution in [-0.4, -0.2) is 6.10 Å². The lowest BCUT2D eigenvalue weighted by atomic mass is 10.2. The van der Waals surface area contributed by atoms with Gasteiger partial charge in [-0.15, -0.1) is 0 Å². The van der Waals surface area contributed by atoms with Crippen LogP contribution in [0, 0.1) is 0 Å². The molecule has 0 atom stereocenters. The zero-order valence-corrected chi connectivity index (χ0v) is 8.64. The lowest BCUT2D eigenvalue weighted by Gasteiger charge is -2.09. The summed E-state index contributed by atoms with van der Waals surface area (Å²) in [5.74, 6) is 0. The van der Waals surface area contributed by atoms with Crippen molar-refractivity contribution >= 4 is 17.3 Å². The topological polar surface area (TPSA) is 35.2 Å². The van der Waals surface area contributed by atoms with Gasteiger partial charge in [-0.25, -0.2) is 0 Å². The summed E-state index contributed by atoms with van der Waals surface area (Å²) in [6.07, 6.45) is 0.216. The van der Waals surface area contributed by atoms with Gasteiger partial charge in [0, 0.05) is 10.7 Å². The highest BCUT2D eigenvalue weighted by molar-refractivity contribution is 6.31. The third kappa shape index (κ3) is 3.25. The summed E-state index contributed by atoms with van der Waals surface area (Å²) < 4.78 is 5.42. The zero-order valence-electron chi connectivity index (χ0n) is 7.88. The smallest absolute Gasteiger partial charge is 0.0734 e. The summed E-state index contributed by atoms with van der Waals surface area (Å²) in [5.41, 5.74) is 7.21. The van der Waals surface area contributed by atoms with Crippen molar-refractivity contribution < 1.29 is 4.74 Å².